The minimum Gasteiger partial charge on any atom is -0.495 e. The number of para-hydroxylation sites is 2. The van der Waals surface area contributed by atoms with Crippen molar-refractivity contribution in [2.75, 3.05) is 12.0 Å². The molecule has 0 aliphatic carbocycles. The number of hydrogen-bond donors (Lipinski definition) is 1. The summed E-state index contributed by atoms with van der Waals surface area (Å²) in [4.78, 5) is 18.1. The van der Waals surface area contributed by atoms with Crippen LogP contribution in [0.25, 0.3) is 10.9 Å². The maximum atomic E-state index is 12.0. The Morgan fingerprint density at radius 1 is 1.19 bits per heavy atom. The molecule has 1 heterocycles. The first-order valence-electron chi connectivity index (χ1n) is 9.10. The minimum absolute atomic E-state index is 0.118. The van der Waals surface area contributed by atoms with Crippen LogP contribution in [0.4, 0.5) is 5.69 Å². The molecule has 0 bridgehead atoms. The Balaban J connectivity index is 2.00. The summed E-state index contributed by atoms with van der Waals surface area (Å²) in [6.07, 6.45) is 4.28. The summed E-state index contributed by atoms with van der Waals surface area (Å²) in [5.74, 6) is 0.675. The number of carbonyl (C=O) groups excluding carboxylic acids is 1. The van der Waals surface area contributed by atoms with Crippen LogP contribution in [0.3, 0.4) is 0 Å². The smallest absolute Gasteiger partial charge is 0.214 e. The number of aryl methyl sites for hydroxylation is 1. The molecule has 0 fully saturated rings. The van der Waals surface area contributed by atoms with Gasteiger partial charge in [-0.05, 0) is 37.5 Å². The first-order valence-corrected chi connectivity index (χ1v) is 9.10. The normalized spacial score (nSPS) is 12.0. The van der Waals surface area contributed by atoms with Crippen molar-refractivity contribution in [2.45, 2.75) is 32.4 Å². The fourth-order valence-electron chi connectivity index (χ4n) is 3.25. The monoisotopic (exact) mass is 363 g/mol. The molecule has 3 aromatic rings. The van der Waals surface area contributed by atoms with E-state index in [4.69, 9.17) is 10.5 Å². The quantitative estimate of drug-likeness (QED) is 0.620. The van der Waals surface area contributed by atoms with Crippen molar-refractivity contribution < 1.29 is 9.53 Å². The maximum Gasteiger partial charge on any atom is 0.214 e. The van der Waals surface area contributed by atoms with Crippen LogP contribution >= 0.6 is 0 Å². The number of nitrogens with zero attached hydrogens (tertiary/aromatic N) is 2. The SMILES string of the molecule is COc1cnc2ccccc2c1CN(C=O)c1ccccc1CCC(C)N. The second kappa shape index (κ2) is 8.64. The topological polar surface area (TPSA) is 68.5 Å². The van der Waals surface area contributed by atoms with Crippen LogP contribution < -0.4 is 15.4 Å². The van der Waals surface area contributed by atoms with E-state index in [-0.39, 0.29) is 6.04 Å². The number of benzene rings is 2. The summed E-state index contributed by atoms with van der Waals surface area (Å²) >= 11 is 0. The first kappa shape index (κ1) is 18.9. The van der Waals surface area contributed by atoms with E-state index in [0.29, 0.717) is 12.3 Å². The number of ether oxygens (including phenoxy) is 1. The van der Waals surface area contributed by atoms with Crippen molar-refractivity contribution in [1.29, 1.82) is 0 Å². The Morgan fingerprint density at radius 2 is 1.93 bits per heavy atom. The molecule has 0 aliphatic heterocycles. The average molecular weight is 363 g/mol. The van der Waals surface area contributed by atoms with E-state index < -0.39 is 0 Å². The second-order valence-electron chi connectivity index (χ2n) is 6.70. The Kier molecular flexibility index (Phi) is 6.04. The zero-order chi connectivity index (χ0) is 19.2. The minimum atomic E-state index is 0.118. The molecule has 140 valence electrons. The lowest BCUT2D eigenvalue weighted by molar-refractivity contribution is -0.107. The first-order chi connectivity index (χ1) is 13.1. The van der Waals surface area contributed by atoms with Crippen molar-refractivity contribution in [3.8, 4) is 5.75 Å². The number of nitrogens with two attached hydrogens (primary N) is 1. The molecule has 2 N–H and O–H groups in total. The van der Waals surface area contributed by atoms with Crippen molar-refractivity contribution in [3.63, 3.8) is 0 Å². The van der Waals surface area contributed by atoms with Gasteiger partial charge >= 0.3 is 0 Å². The van der Waals surface area contributed by atoms with Gasteiger partial charge in [0.25, 0.3) is 0 Å². The van der Waals surface area contributed by atoms with Crippen molar-refractivity contribution in [2.24, 2.45) is 5.73 Å². The van der Waals surface area contributed by atoms with E-state index in [1.54, 1.807) is 18.2 Å². The molecular formula is C22H25N3O2. The predicted molar refractivity (Wildman–Crippen MR) is 109 cm³/mol. The van der Waals surface area contributed by atoms with Crippen LogP contribution in [0.1, 0.15) is 24.5 Å². The number of aromatic nitrogens is 1. The largest absolute Gasteiger partial charge is 0.495 e. The molecule has 1 atom stereocenters. The third-order valence-corrected chi connectivity index (χ3v) is 4.69. The summed E-state index contributed by atoms with van der Waals surface area (Å²) in [7, 11) is 1.62. The van der Waals surface area contributed by atoms with Crippen LogP contribution in [0.2, 0.25) is 0 Å². The number of rotatable bonds is 8. The molecule has 1 aromatic heterocycles. The van der Waals surface area contributed by atoms with Gasteiger partial charge in [-0.15, -0.1) is 0 Å². The van der Waals surface area contributed by atoms with Crippen molar-refractivity contribution >= 4 is 23.0 Å². The number of anilines is 1. The number of carbonyl (C=O) groups is 1. The highest BCUT2D eigenvalue weighted by Gasteiger charge is 2.16. The van der Waals surface area contributed by atoms with Crippen molar-refractivity contribution in [3.05, 3.63) is 65.9 Å². The Hall–Kier alpha value is -2.92. The van der Waals surface area contributed by atoms with E-state index in [2.05, 4.69) is 11.1 Å². The highest BCUT2D eigenvalue weighted by atomic mass is 16.5. The highest BCUT2D eigenvalue weighted by Crippen LogP contribution is 2.30. The van der Waals surface area contributed by atoms with Gasteiger partial charge in [-0.1, -0.05) is 36.4 Å². The summed E-state index contributed by atoms with van der Waals surface area (Å²) in [6.45, 7) is 2.40. The van der Waals surface area contributed by atoms with E-state index in [9.17, 15) is 4.79 Å². The number of pyridine rings is 1. The predicted octanol–water partition coefficient (Wildman–Crippen LogP) is 3.69. The van der Waals surface area contributed by atoms with E-state index in [1.807, 2.05) is 49.4 Å². The van der Waals surface area contributed by atoms with Gasteiger partial charge in [-0.2, -0.15) is 0 Å². The molecule has 0 spiro atoms. The third kappa shape index (κ3) is 4.26. The molecule has 5 nitrogen and oxygen atoms in total. The van der Waals surface area contributed by atoms with Gasteiger partial charge in [0.1, 0.15) is 5.75 Å². The molecule has 0 saturated heterocycles. The molecule has 0 saturated carbocycles. The molecule has 1 amide bonds. The van der Waals surface area contributed by atoms with Gasteiger partial charge in [0.05, 0.1) is 25.4 Å². The van der Waals surface area contributed by atoms with Crippen LogP contribution in [-0.2, 0) is 17.8 Å². The molecular weight excluding hydrogens is 338 g/mol. The number of amides is 1. The summed E-state index contributed by atoms with van der Waals surface area (Å²) in [6, 6.07) is 16.0. The number of fused-ring (bicyclic) bond motifs is 1. The van der Waals surface area contributed by atoms with Gasteiger partial charge in [0, 0.05) is 22.7 Å². The summed E-state index contributed by atoms with van der Waals surface area (Å²) in [5, 5.41) is 0.983. The lowest BCUT2D eigenvalue weighted by atomic mass is 10.0. The van der Waals surface area contributed by atoms with E-state index >= 15 is 0 Å². The van der Waals surface area contributed by atoms with Gasteiger partial charge < -0.3 is 15.4 Å². The molecule has 0 radical (unpaired) electrons. The summed E-state index contributed by atoms with van der Waals surface area (Å²) < 4.78 is 5.52. The lowest BCUT2D eigenvalue weighted by Crippen LogP contribution is -2.23. The number of methoxy groups -OCH3 is 1. The standard InChI is InChI=1S/C22H25N3O2/c1-16(23)11-12-17-7-3-6-10-21(17)25(15-26)14-19-18-8-4-5-9-20(18)24-13-22(19)27-2/h3-10,13,15-16H,11-12,14,23H2,1-2H3. The zero-order valence-corrected chi connectivity index (χ0v) is 15.8. The van der Waals surface area contributed by atoms with Gasteiger partial charge in [0.15, 0.2) is 0 Å². The molecule has 0 aliphatic rings. The van der Waals surface area contributed by atoms with Crippen LogP contribution in [0.15, 0.2) is 54.7 Å². The Bertz CT molecular complexity index is 924. The maximum absolute atomic E-state index is 12.0. The molecule has 3 rings (SSSR count). The number of hydrogen-bond acceptors (Lipinski definition) is 4. The third-order valence-electron chi connectivity index (χ3n) is 4.69. The fraction of sp³-hybridized carbons (Fsp3) is 0.273. The second-order valence-corrected chi connectivity index (χ2v) is 6.70. The van der Waals surface area contributed by atoms with Crippen LogP contribution in [-0.4, -0.2) is 24.5 Å². The molecule has 27 heavy (non-hydrogen) atoms. The van der Waals surface area contributed by atoms with Crippen LogP contribution in [0.5, 0.6) is 5.75 Å². The Morgan fingerprint density at radius 3 is 2.67 bits per heavy atom. The van der Waals surface area contributed by atoms with Crippen LogP contribution in [0, 0.1) is 0 Å². The van der Waals surface area contributed by atoms with E-state index in [0.717, 1.165) is 47.0 Å². The fourth-order valence-corrected chi connectivity index (χ4v) is 3.25. The molecule has 1 unspecified atom stereocenters. The van der Waals surface area contributed by atoms with Crippen molar-refractivity contribution in [1.82, 2.24) is 4.98 Å². The lowest BCUT2D eigenvalue weighted by Gasteiger charge is -2.23. The highest BCUT2D eigenvalue weighted by molar-refractivity contribution is 5.86. The average Bonchev–Trinajstić information content (AvgIpc) is 2.70. The molecule has 5 heteroatoms. The summed E-state index contributed by atoms with van der Waals surface area (Å²) in [5.41, 5.74) is 9.75. The zero-order valence-electron chi connectivity index (χ0n) is 15.8. The van der Waals surface area contributed by atoms with E-state index in [1.165, 1.54) is 0 Å². The van der Waals surface area contributed by atoms with Gasteiger partial charge in [-0.3, -0.25) is 9.78 Å². The van der Waals surface area contributed by atoms with Gasteiger partial charge in [0.2, 0.25) is 6.41 Å². The van der Waals surface area contributed by atoms with Gasteiger partial charge in [-0.25, -0.2) is 0 Å². The molecule has 2 aromatic carbocycles. The Labute approximate surface area is 159 Å².